The maximum Gasteiger partial charge on any atom is 0.269 e. The van der Waals surface area contributed by atoms with Crippen molar-refractivity contribution in [1.29, 1.82) is 0 Å². The smallest absolute Gasteiger partial charge is 0.269 e. The van der Waals surface area contributed by atoms with Crippen LogP contribution >= 0.6 is 0 Å². The third-order valence-electron chi connectivity index (χ3n) is 4.33. The minimum Gasteiger partial charge on any atom is -0.472 e. The van der Waals surface area contributed by atoms with E-state index in [1.807, 2.05) is 0 Å². The first-order valence-corrected chi connectivity index (χ1v) is 8.22. The number of rotatable bonds is 3. The summed E-state index contributed by atoms with van der Waals surface area (Å²) in [5.74, 6) is -1.69. The molecule has 2 N–H and O–H groups in total. The summed E-state index contributed by atoms with van der Waals surface area (Å²) in [6.07, 6.45) is 3.84. The van der Waals surface area contributed by atoms with Gasteiger partial charge in [0.25, 0.3) is 11.8 Å². The summed E-state index contributed by atoms with van der Waals surface area (Å²) in [4.78, 5) is 38.0. The highest BCUT2D eigenvalue weighted by atomic mass is 19.1. The average Bonchev–Trinajstić information content (AvgIpc) is 3.20. The molecule has 1 aliphatic rings. The molecule has 1 aromatic heterocycles. The van der Waals surface area contributed by atoms with Gasteiger partial charge in [-0.3, -0.25) is 25.2 Å². The van der Waals surface area contributed by atoms with E-state index in [1.54, 1.807) is 11.0 Å². The van der Waals surface area contributed by atoms with Gasteiger partial charge >= 0.3 is 0 Å². The lowest BCUT2D eigenvalue weighted by molar-refractivity contribution is -0.127. The van der Waals surface area contributed by atoms with E-state index in [0.29, 0.717) is 31.5 Å². The molecule has 0 unspecified atom stereocenters. The number of amides is 3. The second-order valence-electron chi connectivity index (χ2n) is 6.03. The molecule has 0 bridgehead atoms. The molecule has 26 heavy (non-hydrogen) atoms. The van der Waals surface area contributed by atoms with Gasteiger partial charge in [-0.15, -0.1) is 0 Å². The predicted molar refractivity (Wildman–Crippen MR) is 89.3 cm³/mol. The van der Waals surface area contributed by atoms with Crippen LogP contribution in [-0.2, 0) is 4.79 Å². The fraction of sp³-hybridized carbons (Fsp3) is 0.278. The maximum atomic E-state index is 12.9. The molecular formula is C18H18FN3O4. The highest BCUT2D eigenvalue weighted by Crippen LogP contribution is 2.19. The van der Waals surface area contributed by atoms with Gasteiger partial charge in [-0.1, -0.05) is 0 Å². The first-order chi connectivity index (χ1) is 12.5. The normalized spacial score (nSPS) is 14.7. The van der Waals surface area contributed by atoms with E-state index < -0.39 is 11.7 Å². The molecule has 0 spiro atoms. The van der Waals surface area contributed by atoms with Gasteiger partial charge in [0.15, 0.2) is 0 Å². The molecule has 1 saturated heterocycles. The molecule has 3 rings (SSSR count). The minimum absolute atomic E-state index is 0.123. The third kappa shape index (κ3) is 4.08. The maximum absolute atomic E-state index is 12.9. The fourth-order valence-electron chi connectivity index (χ4n) is 2.81. The number of furan rings is 1. The van der Waals surface area contributed by atoms with Crippen molar-refractivity contribution in [3.63, 3.8) is 0 Å². The quantitative estimate of drug-likeness (QED) is 0.817. The summed E-state index contributed by atoms with van der Waals surface area (Å²) < 4.78 is 17.8. The predicted octanol–water partition coefficient (Wildman–Crippen LogP) is 1.73. The Kier molecular flexibility index (Phi) is 5.31. The number of nitrogens with one attached hydrogen (secondary N) is 2. The SMILES string of the molecule is O=C(NNC(=O)C1CCN(C(=O)c2ccoc2)CC1)c1ccc(F)cc1. The average molecular weight is 359 g/mol. The molecule has 0 aliphatic carbocycles. The molecule has 7 nitrogen and oxygen atoms in total. The van der Waals surface area contributed by atoms with Gasteiger partial charge in [0.1, 0.15) is 12.1 Å². The second-order valence-corrected chi connectivity index (χ2v) is 6.03. The van der Waals surface area contributed by atoms with E-state index in [0.717, 1.165) is 0 Å². The van der Waals surface area contributed by atoms with Crippen molar-refractivity contribution in [3.8, 4) is 0 Å². The zero-order valence-corrected chi connectivity index (χ0v) is 13.9. The van der Waals surface area contributed by atoms with Gasteiger partial charge in [-0.2, -0.15) is 0 Å². The van der Waals surface area contributed by atoms with Crippen molar-refractivity contribution < 1.29 is 23.2 Å². The summed E-state index contributed by atoms with van der Waals surface area (Å²) in [6.45, 7) is 0.905. The Morgan fingerprint density at radius 1 is 1.00 bits per heavy atom. The van der Waals surface area contributed by atoms with Crippen molar-refractivity contribution in [2.75, 3.05) is 13.1 Å². The van der Waals surface area contributed by atoms with Gasteiger partial charge in [-0.05, 0) is 43.2 Å². The molecular weight excluding hydrogens is 341 g/mol. The summed E-state index contributed by atoms with van der Waals surface area (Å²) in [5.41, 5.74) is 5.43. The number of halogens is 1. The number of benzene rings is 1. The van der Waals surface area contributed by atoms with Crippen LogP contribution in [0.5, 0.6) is 0 Å². The van der Waals surface area contributed by atoms with Crippen LogP contribution in [0.2, 0.25) is 0 Å². The number of hydrogen-bond donors (Lipinski definition) is 2. The fourth-order valence-corrected chi connectivity index (χ4v) is 2.81. The van der Waals surface area contributed by atoms with Crippen molar-refractivity contribution in [2.24, 2.45) is 5.92 Å². The number of piperidine rings is 1. The minimum atomic E-state index is -0.522. The number of likely N-dealkylation sites (tertiary alicyclic amines) is 1. The zero-order chi connectivity index (χ0) is 18.5. The first kappa shape index (κ1) is 17.7. The molecule has 8 heteroatoms. The van der Waals surface area contributed by atoms with Gasteiger partial charge in [0, 0.05) is 24.6 Å². The molecule has 2 heterocycles. The molecule has 0 saturated carbocycles. The Morgan fingerprint density at radius 3 is 2.31 bits per heavy atom. The third-order valence-corrected chi connectivity index (χ3v) is 4.33. The van der Waals surface area contributed by atoms with Crippen LogP contribution < -0.4 is 10.9 Å². The number of carbonyl (C=O) groups excluding carboxylic acids is 3. The standard InChI is InChI=1S/C18H18FN3O4/c19-15-3-1-12(2-4-15)16(23)20-21-17(24)13-5-8-22(9-6-13)18(25)14-7-10-26-11-14/h1-4,7,10-11,13H,5-6,8-9H2,(H,20,23)(H,21,24). The van der Waals surface area contributed by atoms with Gasteiger partial charge in [0.05, 0.1) is 11.8 Å². The van der Waals surface area contributed by atoms with Gasteiger partial charge in [-0.25, -0.2) is 4.39 Å². The van der Waals surface area contributed by atoms with Crippen LogP contribution in [0, 0.1) is 11.7 Å². The molecule has 3 amide bonds. The molecule has 1 fully saturated rings. The lowest BCUT2D eigenvalue weighted by atomic mass is 9.96. The van der Waals surface area contributed by atoms with Crippen molar-refractivity contribution >= 4 is 17.7 Å². The van der Waals surface area contributed by atoms with Crippen LogP contribution in [-0.4, -0.2) is 35.7 Å². The van der Waals surface area contributed by atoms with Crippen LogP contribution in [0.4, 0.5) is 4.39 Å². The van der Waals surface area contributed by atoms with E-state index in [2.05, 4.69) is 10.9 Å². The molecule has 0 atom stereocenters. The monoisotopic (exact) mass is 359 g/mol. The summed E-state index contributed by atoms with van der Waals surface area (Å²) >= 11 is 0. The number of hydrogen-bond acceptors (Lipinski definition) is 4. The van der Waals surface area contributed by atoms with Crippen LogP contribution in [0.3, 0.4) is 0 Å². The first-order valence-electron chi connectivity index (χ1n) is 8.22. The van der Waals surface area contributed by atoms with Crippen molar-refractivity contribution in [1.82, 2.24) is 15.8 Å². The molecule has 1 aromatic carbocycles. The Morgan fingerprint density at radius 2 is 1.69 bits per heavy atom. The number of carbonyl (C=O) groups is 3. The Bertz CT molecular complexity index is 781. The molecule has 2 aromatic rings. The summed E-state index contributed by atoms with van der Waals surface area (Å²) in [6, 6.07) is 6.60. The molecule has 136 valence electrons. The van der Waals surface area contributed by atoms with Crippen LogP contribution in [0.15, 0.2) is 47.3 Å². The van der Waals surface area contributed by atoms with E-state index in [9.17, 15) is 18.8 Å². The molecule has 1 aliphatic heterocycles. The van der Waals surface area contributed by atoms with E-state index in [4.69, 9.17) is 4.42 Å². The Labute approximate surface area is 149 Å². The van der Waals surface area contributed by atoms with E-state index in [1.165, 1.54) is 36.8 Å². The van der Waals surface area contributed by atoms with Crippen LogP contribution in [0.1, 0.15) is 33.6 Å². The highest BCUT2D eigenvalue weighted by molar-refractivity contribution is 5.96. The number of hydrazine groups is 1. The van der Waals surface area contributed by atoms with E-state index in [-0.39, 0.29) is 23.3 Å². The highest BCUT2D eigenvalue weighted by Gasteiger charge is 2.28. The van der Waals surface area contributed by atoms with Crippen molar-refractivity contribution in [2.45, 2.75) is 12.8 Å². The Hall–Kier alpha value is -3.16. The van der Waals surface area contributed by atoms with Gasteiger partial charge < -0.3 is 9.32 Å². The second kappa shape index (κ2) is 7.81. The largest absolute Gasteiger partial charge is 0.472 e. The van der Waals surface area contributed by atoms with E-state index >= 15 is 0 Å². The lowest BCUT2D eigenvalue weighted by Gasteiger charge is -2.31. The summed E-state index contributed by atoms with van der Waals surface area (Å²) in [5, 5.41) is 0. The zero-order valence-electron chi connectivity index (χ0n) is 13.9. The topological polar surface area (TPSA) is 91.7 Å². The van der Waals surface area contributed by atoms with Crippen LogP contribution in [0.25, 0.3) is 0 Å². The Balaban J connectivity index is 1.45. The van der Waals surface area contributed by atoms with Gasteiger partial charge in [0.2, 0.25) is 5.91 Å². The lowest BCUT2D eigenvalue weighted by Crippen LogP contribution is -2.48. The number of nitrogens with zero attached hydrogens (tertiary/aromatic N) is 1. The van der Waals surface area contributed by atoms with Crippen molar-refractivity contribution in [3.05, 3.63) is 59.8 Å². The summed E-state index contributed by atoms with van der Waals surface area (Å²) in [7, 11) is 0. The molecule has 0 radical (unpaired) electrons.